The fourth-order valence-electron chi connectivity index (χ4n) is 2.88. The summed E-state index contributed by atoms with van der Waals surface area (Å²) < 4.78 is 1.66. The van der Waals surface area contributed by atoms with Crippen molar-refractivity contribution in [3.8, 4) is 5.75 Å². The van der Waals surface area contributed by atoms with Gasteiger partial charge in [0, 0.05) is 18.4 Å². The zero-order chi connectivity index (χ0) is 14.1. The van der Waals surface area contributed by atoms with Gasteiger partial charge in [0.15, 0.2) is 11.4 Å². The predicted octanol–water partition coefficient (Wildman–Crippen LogP) is 2.35. The van der Waals surface area contributed by atoms with E-state index in [1.54, 1.807) is 28.9 Å². The molecule has 2 N–H and O–H groups in total. The lowest BCUT2D eigenvalue weighted by molar-refractivity contribution is 0.0906. The molecular weight excluding hydrogens is 254 g/mol. The Hall–Kier alpha value is -2.04. The second-order valence-electron chi connectivity index (χ2n) is 5.59. The molecule has 1 aliphatic carbocycles. The van der Waals surface area contributed by atoms with Gasteiger partial charge in [0.1, 0.15) is 5.69 Å². The predicted molar refractivity (Wildman–Crippen MR) is 75.7 cm³/mol. The quantitative estimate of drug-likeness (QED) is 0.882. The van der Waals surface area contributed by atoms with Gasteiger partial charge in [-0.25, -0.2) is 4.98 Å². The van der Waals surface area contributed by atoms with Crippen LogP contribution in [0.15, 0.2) is 24.5 Å². The van der Waals surface area contributed by atoms with Crippen molar-refractivity contribution in [1.82, 2.24) is 14.7 Å². The van der Waals surface area contributed by atoms with Crippen LogP contribution in [0.1, 0.15) is 43.1 Å². The number of aromatic hydroxyl groups is 1. The Morgan fingerprint density at radius 3 is 3.00 bits per heavy atom. The second-order valence-corrected chi connectivity index (χ2v) is 5.59. The van der Waals surface area contributed by atoms with Crippen LogP contribution in [0, 0.1) is 5.92 Å². The number of pyridine rings is 1. The van der Waals surface area contributed by atoms with Crippen LogP contribution >= 0.6 is 0 Å². The van der Waals surface area contributed by atoms with Crippen LogP contribution < -0.4 is 5.32 Å². The molecule has 1 amide bonds. The molecule has 0 aromatic carbocycles. The van der Waals surface area contributed by atoms with Gasteiger partial charge in [-0.2, -0.15) is 0 Å². The Kier molecular flexibility index (Phi) is 3.34. The third-order valence-electron chi connectivity index (χ3n) is 4.12. The lowest BCUT2D eigenvalue weighted by atomic mass is 9.86. The van der Waals surface area contributed by atoms with Crippen molar-refractivity contribution in [1.29, 1.82) is 0 Å². The summed E-state index contributed by atoms with van der Waals surface area (Å²) in [4.78, 5) is 16.5. The van der Waals surface area contributed by atoms with Crippen LogP contribution in [-0.2, 0) is 0 Å². The van der Waals surface area contributed by atoms with Crippen molar-refractivity contribution >= 4 is 11.6 Å². The molecule has 5 heteroatoms. The van der Waals surface area contributed by atoms with E-state index in [2.05, 4.69) is 17.2 Å². The number of aromatic nitrogens is 2. The van der Waals surface area contributed by atoms with Crippen LogP contribution in [0.5, 0.6) is 5.75 Å². The van der Waals surface area contributed by atoms with E-state index in [9.17, 15) is 9.90 Å². The van der Waals surface area contributed by atoms with Gasteiger partial charge in [-0.15, -0.1) is 0 Å². The fourth-order valence-corrected chi connectivity index (χ4v) is 2.88. The van der Waals surface area contributed by atoms with E-state index in [1.165, 1.54) is 12.8 Å². The minimum atomic E-state index is -0.160. The summed E-state index contributed by atoms with van der Waals surface area (Å²) in [5.74, 6) is 0.433. The Bertz CT molecular complexity index is 635. The summed E-state index contributed by atoms with van der Waals surface area (Å²) in [7, 11) is 0. The van der Waals surface area contributed by atoms with Gasteiger partial charge in [-0.05, 0) is 30.9 Å². The van der Waals surface area contributed by atoms with Crippen molar-refractivity contribution in [2.45, 2.75) is 38.6 Å². The van der Waals surface area contributed by atoms with E-state index < -0.39 is 0 Å². The average Bonchev–Trinajstić information content (AvgIpc) is 2.87. The lowest BCUT2D eigenvalue weighted by Gasteiger charge is -2.29. The number of imidazole rings is 1. The van der Waals surface area contributed by atoms with E-state index in [-0.39, 0.29) is 17.7 Å². The summed E-state index contributed by atoms with van der Waals surface area (Å²) in [6.07, 6.45) is 8.03. The smallest absolute Gasteiger partial charge is 0.271 e. The highest BCUT2D eigenvalue weighted by atomic mass is 16.3. The number of fused-ring (bicyclic) bond motifs is 1. The van der Waals surface area contributed by atoms with E-state index in [4.69, 9.17) is 0 Å². The number of nitrogens with one attached hydrogen (secondary N) is 1. The molecule has 1 aliphatic rings. The average molecular weight is 273 g/mol. The molecule has 0 aliphatic heterocycles. The van der Waals surface area contributed by atoms with Gasteiger partial charge in [-0.3, -0.25) is 4.79 Å². The lowest BCUT2D eigenvalue weighted by Crippen LogP contribution is -2.41. The summed E-state index contributed by atoms with van der Waals surface area (Å²) >= 11 is 0. The first-order chi connectivity index (χ1) is 9.65. The van der Waals surface area contributed by atoms with Crippen molar-refractivity contribution in [3.05, 3.63) is 30.2 Å². The van der Waals surface area contributed by atoms with Crippen LogP contribution in [-0.4, -0.2) is 26.4 Å². The van der Waals surface area contributed by atoms with Crippen molar-refractivity contribution in [2.75, 3.05) is 0 Å². The van der Waals surface area contributed by atoms with Crippen LogP contribution in [0.2, 0.25) is 0 Å². The number of hydrogen-bond acceptors (Lipinski definition) is 3. The van der Waals surface area contributed by atoms with E-state index >= 15 is 0 Å². The van der Waals surface area contributed by atoms with Crippen LogP contribution in [0.4, 0.5) is 0 Å². The number of hydrogen-bond donors (Lipinski definition) is 2. The van der Waals surface area contributed by atoms with Gasteiger partial charge in [0.2, 0.25) is 0 Å². The molecule has 1 fully saturated rings. The first kappa shape index (κ1) is 13.0. The number of amides is 1. The monoisotopic (exact) mass is 273 g/mol. The molecule has 0 radical (unpaired) electrons. The van der Waals surface area contributed by atoms with Crippen LogP contribution in [0.3, 0.4) is 0 Å². The summed E-state index contributed by atoms with van der Waals surface area (Å²) in [5, 5.41) is 12.8. The zero-order valence-electron chi connectivity index (χ0n) is 11.5. The molecule has 0 saturated heterocycles. The number of carbonyl (C=O) groups excluding carboxylic acids is 1. The topological polar surface area (TPSA) is 66.6 Å². The molecule has 2 heterocycles. The van der Waals surface area contributed by atoms with Crippen molar-refractivity contribution in [2.24, 2.45) is 5.92 Å². The summed E-state index contributed by atoms with van der Waals surface area (Å²) in [6, 6.07) is 3.51. The molecule has 0 spiro atoms. The molecule has 2 unspecified atom stereocenters. The first-order valence-electron chi connectivity index (χ1n) is 7.12. The third kappa shape index (κ3) is 2.35. The molecule has 20 heavy (non-hydrogen) atoms. The molecular formula is C15H19N3O2. The van der Waals surface area contributed by atoms with E-state index in [0.29, 0.717) is 17.3 Å². The Morgan fingerprint density at radius 2 is 2.25 bits per heavy atom. The fraction of sp³-hybridized carbons (Fsp3) is 0.467. The highest BCUT2D eigenvalue weighted by Gasteiger charge is 2.24. The van der Waals surface area contributed by atoms with E-state index in [0.717, 1.165) is 12.8 Å². The van der Waals surface area contributed by atoms with Gasteiger partial charge < -0.3 is 14.8 Å². The molecule has 0 bridgehead atoms. The maximum atomic E-state index is 12.3. The highest BCUT2D eigenvalue weighted by molar-refractivity contribution is 5.93. The standard InChI is InChI=1S/C15H19N3O2/c1-10-5-2-3-6-11(10)17-15(20)12-9-18-8-4-7-13(19)14(18)16-12/h4,7-11,19H,2-3,5-6H2,1H3,(H,17,20). The normalized spacial score (nSPS) is 22.9. The first-order valence-corrected chi connectivity index (χ1v) is 7.12. The Morgan fingerprint density at radius 1 is 1.45 bits per heavy atom. The van der Waals surface area contributed by atoms with Crippen molar-refractivity contribution in [3.63, 3.8) is 0 Å². The number of rotatable bonds is 2. The minimum Gasteiger partial charge on any atom is -0.504 e. The second kappa shape index (κ2) is 5.15. The molecule has 2 aromatic heterocycles. The maximum Gasteiger partial charge on any atom is 0.271 e. The highest BCUT2D eigenvalue weighted by Crippen LogP contribution is 2.24. The van der Waals surface area contributed by atoms with Gasteiger partial charge >= 0.3 is 0 Å². The Labute approximate surface area is 117 Å². The molecule has 3 rings (SSSR count). The summed E-state index contributed by atoms with van der Waals surface area (Å²) in [5.41, 5.74) is 0.763. The van der Waals surface area contributed by atoms with Gasteiger partial charge in [0.05, 0.1) is 0 Å². The molecule has 1 saturated carbocycles. The van der Waals surface area contributed by atoms with Gasteiger partial charge in [-0.1, -0.05) is 19.8 Å². The largest absolute Gasteiger partial charge is 0.504 e. The minimum absolute atomic E-state index is 0.0811. The van der Waals surface area contributed by atoms with E-state index in [1.807, 2.05) is 0 Å². The maximum absolute atomic E-state index is 12.3. The third-order valence-corrected chi connectivity index (χ3v) is 4.12. The zero-order valence-corrected chi connectivity index (χ0v) is 11.5. The molecule has 2 atom stereocenters. The summed E-state index contributed by atoms with van der Waals surface area (Å²) in [6.45, 7) is 2.18. The molecule has 5 nitrogen and oxygen atoms in total. The number of nitrogens with zero attached hydrogens (tertiary/aromatic N) is 2. The van der Waals surface area contributed by atoms with Gasteiger partial charge in [0.25, 0.3) is 5.91 Å². The molecule has 2 aromatic rings. The SMILES string of the molecule is CC1CCCCC1NC(=O)c1cn2cccc(O)c2n1. The van der Waals surface area contributed by atoms with Crippen LogP contribution in [0.25, 0.3) is 5.65 Å². The molecule has 106 valence electrons. The number of carbonyl (C=O) groups is 1. The Balaban J connectivity index is 1.80. The van der Waals surface area contributed by atoms with Crippen molar-refractivity contribution < 1.29 is 9.90 Å².